The molecule has 6 nitrogen and oxygen atoms in total. The first kappa shape index (κ1) is 69.3. The largest absolute Gasteiger partial charge is 0.462 e. The summed E-state index contributed by atoms with van der Waals surface area (Å²) in [5.41, 5.74) is 0. The number of allylic oxidation sites excluding steroid dienone is 24. The van der Waals surface area contributed by atoms with Crippen LogP contribution < -0.4 is 0 Å². The van der Waals surface area contributed by atoms with E-state index in [0.717, 1.165) is 141 Å². The summed E-state index contributed by atoms with van der Waals surface area (Å²) < 4.78 is 16.8. The molecule has 0 N–H and O–H groups in total. The van der Waals surface area contributed by atoms with Gasteiger partial charge in [0.2, 0.25) is 0 Å². The molecular formula is C68H108O6. The van der Waals surface area contributed by atoms with Crippen LogP contribution in [-0.2, 0) is 28.6 Å². The SMILES string of the molecule is CC/C=C\C/C=C\C/C=C\C/C=C\C/C=C\C/C=C\C/C=C\C/C=C\C/C=C\C/C=C\CCCCC(=O)OCC(COC(=O)CCCCCCC/C=C\CCCC)OC(=O)CCCCCCC/C=C\CCCCC. The van der Waals surface area contributed by atoms with Crippen molar-refractivity contribution < 1.29 is 28.6 Å². The van der Waals surface area contributed by atoms with E-state index in [1.54, 1.807) is 0 Å². The summed E-state index contributed by atoms with van der Waals surface area (Å²) in [7, 11) is 0. The van der Waals surface area contributed by atoms with Gasteiger partial charge in [-0.3, -0.25) is 14.4 Å². The van der Waals surface area contributed by atoms with Gasteiger partial charge in [-0.2, -0.15) is 0 Å². The van der Waals surface area contributed by atoms with Crippen molar-refractivity contribution in [2.75, 3.05) is 13.2 Å². The quantitative estimate of drug-likeness (QED) is 0.0261. The van der Waals surface area contributed by atoms with Crippen molar-refractivity contribution in [3.63, 3.8) is 0 Å². The number of hydrogen-bond donors (Lipinski definition) is 0. The first-order chi connectivity index (χ1) is 36.5. The van der Waals surface area contributed by atoms with E-state index >= 15 is 0 Å². The van der Waals surface area contributed by atoms with Crippen molar-refractivity contribution in [1.82, 2.24) is 0 Å². The summed E-state index contributed by atoms with van der Waals surface area (Å²) in [6, 6.07) is 0. The van der Waals surface area contributed by atoms with Gasteiger partial charge in [0.25, 0.3) is 0 Å². The number of carbonyl (C=O) groups is 3. The zero-order chi connectivity index (χ0) is 53.6. The summed E-state index contributed by atoms with van der Waals surface area (Å²) in [6.07, 6.45) is 87.1. The lowest BCUT2D eigenvalue weighted by Gasteiger charge is -2.18. The zero-order valence-corrected chi connectivity index (χ0v) is 47.5. The standard InChI is InChI=1S/C68H108O6/c1-4-7-10-13-16-19-22-24-25-26-27-28-29-30-31-32-33-34-35-36-37-38-39-40-41-42-43-44-47-49-52-55-58-61-67(70)73-64-65(63-72-66(69)60-57-54-51-48-45-21-18-15-12-9-6-3)74-68(71)62-59-56-53-50-46-23-20-17-14-11-8-5-2/h7,10,15-20,24-25,27-28,30-31,33-34,36-37,39-40,42-43,47,49,65H,4-6,8-9,11-14,21-23,26,29,32,35,38,41,44-46,48,50-64H2,1-3H3/b10-7-,18-15-,19-16-,20-17-,25-24-,28-27-,31-30-,34-33-,37-36-,40-39-,43-42-,49-47-. The second-order valence-corrected chi connectivity index (χ2v) is 19.2. The lowest BCUT2D eigenvalue weighted by molar-refractivity contribution is -0.167. The summed E-state index contributed by atoms with van der Waals surface area (Å²) in [4.78, 5) is 38.0. The van der Waals surface area contributed by atoms with E-state index in [4.69, 9.17) is 14.2 Å². The van der Waals surface area contributed by atoms with Crippen LogP contribution >= 0.6 is 0 Å². The number of hydrogen-bond acceptors (Lipinski definition) is 6. The van der Waals surface area contributed by atoms with Crippen LogP contribution in [0.2, 0.25) is 0 Å². The highest BCUT2D eigenvalue weighted by atomic mass is 16.6. The van der Waals surface area contributed by atoms with Gasteiger partial charge in [-0.1, -0.05) is 231 Å². The van der Waals surface area contributed by atoms with Crippen LogP contribution in [0.3, 0.4) is 0 Å². The Morgan fingerprint density at radius 1 is 0.284 bits per heavy atom. The van der Waals surface area contributed by atoms with Gasteiger partial charge in [-0.05, 0) is 141 Å². The fourth-order valence-electron chi connectivity index (χ4n) is 7.56. The molecule has 0 aliphatic heterocycles. The van der Waals surface area contributed by atoms with Gasteiger partial charge in [0.1, 0.15) is 13.2 Å². The van der Waals surface area contributed by atoms with Crippen molar-refractivity contribution >= 4 is 17.9 Å². The summed E-state index contributed by atoms with van der Waals surface area (Å²) in [5, 5.41) is 0. The Morgan fingerprint density at radius 3 is 0.905 bits per heavy atom. The minimum absolute atomic E-state index is 0.104. The second-order valence-electron chi connectivity index (χ2n) is 19.2. The average Bonchev–Trinajstić information content (AvgIpc) is 3.40. The van der Waals surface area contributed by atoms with Crippen molar-refractivity contribution in [2.24, 2.45) is 0 Å². The molecule has 6 heteroatoms. The van der Waals surface area contributed by atoms with Gasteiger partial charge in [-0.25, -0.2) is 0 Å². The normalized spacial score (nSPS) is 13.2. The summed E-state index contributed by atoms with van der Waals surface area (Å²) >= 11 is 0. The molecule has 74 heavy (non-hydrogen) atoms. The third kappa shape index (κ3) is 58.2. The van der Waals surface area contributed by atoms with Crippen LogP contribution in [0, 0.1) is 0 Å². The first-order valence-corrected chi connectivity index (χ1v) is 29.8. The van der Waals surface area contributed by atoms with Gasteiger partial charge in [0.05, 0.1) is 0 Å². The molecule has 0 heterocycles. The first-order valence-electron chi connectivity index (χ1n) is 29.8. The van der Waals surface area contributed by atoms with Crippen LogP contribution in [0.5, 0.6) is 0 Å². The van der Waals surface area contributed by atoms with Gasteiger partial charge >= 0.3 is 17.9 Å². The van der Waals surface area contributed by atoms with Crippen molar-refractivity contribution in [1.29, 1.82) is 0 Å². The number of carbonyl (C=O) groups excluding carboxylic acids is 3. The monoisotopic (exact) mass is 1020 g/mol. The van der Waals surface area contributed by atoms with E-state index in [9.17, 15) is 14.4 Å². The van der Waals surface area contributed by atoms with E-state index < -0.39 is 6.10 Å². The molecule has 0 aromatic rings. The third-order valence-corrected chi connectivity index (χ3v) is 12.0. The maximum atomic E-state index is 12.8. The fraction of sp³-hybridized carbons (Fsp3) is 0.603. The van der Waals surface area contributed by atoms with Gasteiger partial charge < -0.3 is 14.2 Å². The molecule has 0 aliphatic carbocycles. The Morgan fingerprint density at radius 2 is 0.541 bits per heavy atom. The van der Waals surface area contributed by atoms with E-state index in [0.29, 0.717) is 25.7 Å². The minimum atomic E-state index is -0.808. The summed E-state index contributed by atoms with van der Waals surface area (Å²) in [6.45, 7) is 6.39. The van der Waals surface area contributed by atoms with E-state index in [1.165, 1.54) is 57.8 Å². The van der Waals surface area contributed by atoms with Crippen LogP contribution in [0.1, 0.15) is 245 Å². The van der Waals surface area contributed by atoms with Gasteiger partial charge in [0, 0.05) is 19.3 Å². The number of esters is 3. The summed E-state index contributed by atoms with van der Waals surface area (Å²) in [5.74, 6) is -0.975. The van der Waals surface area contributed by atoms with E-state index in [1.807, 2.05) is 0 Å². The molecule has 0 aromatic heterocycles. The Bertz CT molecular complexity index is 1640. The number of unbranched alkanes of at least 4 members (excludes halogenated alkanes) is 17. The van der Waals surface area contributed by atoms with Gasteiger partial charge in [-0.15, -0.1) is 0 Å². The molecule has 0 spiro atoms. The highest BCUT2D eigenvalue weighted by Gasteiger charge is 2.19. The molecular weight excluding hydrogens is 913 g/mol. The lowest BCUT2D eigenvalue weighted by Crippen LogP contribution is -2.30. The van der Waals surface area contributed by atoms with Crippen molar-refractivity contribution in [3.05, 3.63) is 146 Å². The smallest absolute Gasteiger partial charge is 0.306 e. The molecule has 0 bridgehead atoms. The van der Waals surface area contributed by atoms with Crippen molar-refractivity contribution in [3.8, 4) is 0 Å². The van der Waals surface area contributed by atoms with Crippen LogP contribution in [0.25, 0.3) is 0 Å². The molecule has 0 fully saturated rings. The van der Waals surface area contributed by atoms with Crippen LogP contribution in [-0.4, -0.2) is 37.2 Å². The second kappa shape index (κ2) is 60.8. The molecule has 0 rings (SSSR count). The Kier molecular flexibility index (Phi) is 57.0. The van der Waals surface area contributed by atoms with Crippen LogP contribution in [0.4, 0.5) is 0 Å². The topological polar surface area (TPSA) is 78.9 Å². The molecule has 0 saturated heterocycles. The van der Waals surface area contributed by atoms with E-state index in [-0.39, 0.29) is 31.1 Å². The lowest BCUT2D eigenvalue weighted by atomic mass is 10.1. The fourth-order valence-corrected chi connectivity index (χ4v) is 7.56. The van der Waals surface area contributed by atoms with Crippen molar-refractivity contribution in [2.45, 2.75) is 252 Å². The highest BCUT2D eigenvalue weighted by molar-refractivity contribution is 5.71. The molecule has 0 amide bonds. The predicted molar refractivity (Wildman–Crippen MR) is 320 cm³/mol. The highest BCUT2D eigenvalue weighted by Crippen LogP contribution is 2.13. The Balaban J connectivity index is 4.32. The Hall–Kier alpha value is -4.71. The number of rotatable bonds is 52. The molecule has 416 valence electrons. The average molecular weight is 1020 g/mol. The third-order valence-electron chi connectivity index (χ3n) is 12.0. The molecule has 0 aliphatic rings. The predicted octanol–water partition coefficient (Wildman–Crippen LogP) is 20.4. The molecule has 0 saturated carbocycles. The molecule has 1 unspecified atom stereocenters. The van der Waals surface area contributed by atoms with E-state index in [2.05, 4.69) is 167 Å². The zero-order valence-electron chi connectivity index (χ0n) is 47.5. The maximum Gasteiger partial charge on any atom is 0.306 e. The molecule has 1 atom stereocenters. The number of ether oxygens (including phenoxy) is 3. The maximum absolute atomic E-state index is 12.8. The Labute approximate surface area is 455 Å². The molecule has 0 aromatic carbocycles. The minimum Gasteiger partial charge on any atom is -0.462 e. The van der Waals surface area contributed by atoms with Crippen LogP contribution in [0.15, 0.2) is 146 Å². The molecule has 0 radical (unpaired) electrons. The van der Waals surface area contributed by atoms with Gasteiger partial charge in [0.15, 0.2) is 6.10 Å².